The van der Waals surface area contributed by atoms with Gasteiger partial charge in [0.15, 0.2) is 0 Å². The first-order valence-corrected chi connectivity index (χ1v) is 13.5. The fourth-order valence-electron chi connectivity index (χ4n) is 5.80. The van der Waals surface area contributed by atoms with Crippen LogP contribution < -0.4 is 20.7 Å². The highest BCUT2D eigenvalue weighted by Crippen LogP contribution is 2.45. The molecule has 0 unspecified atom stereocenters. The summed E-state index contributed by atoms with van der Waals surface area (Å²) < 4.78 is 14.1. The standard InChI is InChI=1S/C30H37N5O2/c1-34-20-33-29(31)28-27(23-8-5-9-26(16-23)37-19-21-6-3-2-4-7-21)18-35(30(28)34)25-14-22(15-25)17-32-24-10-12-36-13-11-24/h2-9,16,18,22,24-25,32H,10-15,17,19-20H2,1H3,(H2,31,33). The summed E-state index contributed by atoms with van der Waals surface area (Å²) in [7, 11) is 2.11. The average molecular weight is 500 g/mol. The van der Waals surface area contributed by atoms with Gasteiger partial charge in [-0.15, -0.1) is 0 Å². The molecule has 194 valence electrons. The van der Waals surface area contributed by atoms with Gasteiger partial charge in [-0.1, -0.05) is 42.5 Å². The third-order valence-electron chi connectivity index (χ3n) is 7.99. The van der Waals surface area contributed by atoms with Crippen LogP contribution in [0.15, 0.2) is 65.8 Å². The van der Waals surface area contributed by atoms with Crippen LogP contribution in [0.3, 0.4) is 0 Å². The lowest BCUT2D eigenvalue weighted by Crippen LogP contribution is -2.41. The molecule has 7 heteroatoms. The third-order valence-corrected chi connectivity index (χ3v) is 7.99. The van der Waals surface area contributed by atoms with Crippen molar-refractivity contribution >= 4 is 11.7 Å². The van der Waals surface area contributed by atoms with E-state index in [1.807, 2.05) is 24.3 Å². The number of hydrogen-bond donors (Lipinski definition) is 2. The van der Waals surface area contributed by atoms with Gasteiger partial charge in [0.25, 0.3) is 0 Å². The Morgan fingerprint density at radius 3 is 2.70 bits per heavy atom. The monoisotopic (exact) mass is 499 g/mol. The molecule has 7 nitrogen and oxygen atoms in total. The number of aliphatic imine (C=N–C) groups is 1. The van der Waals surface area contributed by atoms with Crippen LogP contribution >= 0.6 is 0 Å². The molecule has 3 N–H and O–H groups in total. The summed E-state index contributed by atoms with van der Waals surface area (Å²) in [6.45, 7) is 4.00. The number of anilines is 1. The zero-order chi connectivity index (χ0) is 25.2. The smallest absolute Gasteiger partial charge is 0.132 e. The zero-order valence-electron chi connectivity index (χ0n) is 21.6. The number of nitrogens with zero attached hydrogens (tertiary/aromatic N) is 3. The normalized spacial score (nSPS) is 21.8. The van der Waals surface area contributed by atoms with Gasteiger partial charge >= 0.3 is 0 Å². The number of rotatable bonds is 8. The van der Waals surface area contributed by atoms with Crippen molar-refractivity contribution in [1.82, 2.24) is 9.88 Å². The predicted octanol–water partition coefficient (Wildman–Crippen LogP) is 4.57. The first kappa shape index (κ1) is 24.1. The highest BCUT2D eigenvalue weighted by atomic mass is 16.5. The summed E-state index contributed by atoms with van der Waals surface area (Å²) in [5.41, 5.74) is 10.9. The van der Waals surface area contributed by atoms with Gasteiger partial charge in [-0.25, -0.2) is 4.99 Å². The van der Waals surface area contributed by atoms with Crippen LogP contribution in [0.1, 0.15) is 42.9 Å². The van der Waals surface area contributed by atoms with Crippen LogP contribution in [0, 0.1) is 5.92 Å². The second kappa shape index (κ2) is 10.6. The van der Waals surface area contributed by atoms with Crippen LogP contribution in [-0.4, -0.2) is 49.9 Å². The van der Waals surface area contributed by atoms with Crippen molar-refractivity contribution in [3.8, 4) is 16.9 Å². The molecular weight excluding hydrogens is 462 g/mol. The van der Waals surface area contributed by atoms with Crippen molar-refractivity contribution in [2.24, 2.45) is 16.6 Å². The molecule has 37 heavy (non-hydrogen) atoms. The van der Waals surface area contributed by atoms with Crippen molar-refractivity contribution in [3.63, 3.8) is 0 Å². The van der Waals surface area contributed by atoms with E-state index in [9.17, 15) is 0 Å². The summed E-state index contributed by atoms with van der Waals surface area (Å²) in [4.78, 5) is 6.83. The van der Waals surface area contributed by atoms with Crippen molar-refractivity contribution in [2.75, 3.05) is 38.4 Å². The third kappa shape index (κ3) is 5.11. The minimum absolute atomic E-state index is 0.481. The van der Waals surface area contributed by atoms with Crippen molar-refractivity contribution in [2.45, 2.75) is 44.4 Å². The second-order valence-electron chi connectivity index (χ2n) is 10.6. The predicted molar refractivity (Wildman–Crippen MR) is 148 cm³/mol. The van der Waals surface area contributed by atoms with Crippen LogP contribution in [0.5, 0.6) is 5.75 Å². The fourth-order valence-corrected chi connectivity index (χ4v) is 5.80. The Bertz CT molecular complexity index is 1240. The van der Waals surface area contributed by atoms with Crippen molar-refractivity contribution < 1.29 is 9.47 Å². The highest BCUT2D eigenvalue weighted by molar-refractivity contribution is 6.09. The number of aromatic nitrogens is 1. The Hall–Kier alpha value is -3.29. The van der Waals surface area contributed by atoms with E-state index in [2.05, 4.69) is 63.4 Å². The lowest BCUT2D eigenvalue weighted by atomic mass is 9.79. The first-order valence-electron chi connectivity index (χ1n) is 13.5. The van der Waals surface area contributed by atoms with Gasteiger partial charge in [-0.2, -0.15) is 0 Å². The maximum Gasteiger partial charge on any atom is 0.132 e. The Kier molecular flexibility index (Phi) is 6.89. The van der Waals surface area contributed by atoms with Gasteiger partial charge in [0, 0.05) is 44.1 Å². The van der Waals surface area contributed by atoms with Gasteiger partial charge in [0.1, 0.15) is 30.7 Å². The molecular formula is C30H37N5O2. The van der Waals surface area contributed by atoms with Crippen LogP contribution in [0.4, 0.5) is 5.82 Å². The van der Waals surface area contributed by atoms with Crippen molar-refractivity contribution in [3.05, 3.63) is 71.9 Å². The molecule has 2 aliphatic heterocycles. The van der Waals surface area contributed by atoms with E-state index in [0.29, 0.717) is 37.1 Å². The summed E-state index contributed by atoms with van der Waals surface area (Å²) in [5.74, 6) is 3.36. The second-order valence-corrected chi connectivity index (χ2v) is 10.6. The maximum absolute atomic E-state index is 6.51. The molecule has 1 aromatic heterocycles. The number of amidine groups is 1. The maximum atomic E-state index is 6.51. The Morgan fingerprint density at radius 2 is 1.89 bits per heavy atom. The van der Waals surface area contributed by atoms with E-state index < -0.39 is 0 Å². The van der Waals surface area contributed by atoms with Gasteiger partial charge in [0.05, 0.1) is 5.56 Å². The van der Waals surface area contributed by atoms with Crippen LogP contribution in [0.2, 0.25) is 0 Å². The molecule has 3 aliphatic rings. The summed E-state index contributed by atoms with van der Waals surface area (Å²) in [5, 5.41) is 3.78. The Labute approximate surface area is 219 Å². The molecule has 1 saturated heterocycles. The van der Waals surface area contributed by atoms with E-state index in [0.717, 1.165) is 60.6 Å². The van der Waals surface area contributed by atoms with Gasteiger partial charge < -0.3 is 30.0 Å². The molecule has 3 heterocycles. The SMILES string of the molecule is CN1CN=C(N)c2c(-c3cccc(OCc4ccccc4)c3)cn(C3CC(CNC4CCOCC4)C3)c21. The first-order chi connectivity index (χ1) is 18.2. The zero-order valence-corrected chi connectivity index (χ0v) is 21.6. The van der Waals surface area contributed by atoms with E-state index in [-0.39, 0.29) is 0 Å². The summed E-state index contributed by atoms with van der Waals surface area (Å²) in [6, 6.07) is 19.7. The number of ether oxygens (including phenoxy) is 2. The quantitative estimate of drug-likeness (QED) is 0.475. The van der Waals surface area contributed by atoms with Gasteiger partial charge in [-0.05, 0) is 61.4 Å². The topological polar surface area (TPSA) is 77.0 Å². The van der Waals surface area contributed by atoms with Gasteiger partial charge in [0.2, 0.25) is 0 Å². The van der Waals surface area contributed by atoms with Crippen molar-refractivity contribution in [1.29, 1.82) is 0 Å². The molecule has 0 bridgehead atoms. The van der Waals surface area contributed by atoms with E-state index in [4.69, 9.17) is 15.2 Å². The molecule has 3 aromatic rings. The lowest BCUT2D eigenvalue weighted by Gasteiger charge is -2.40. The molecule has 2 aromatic carbocycles. The molecule has 0 atom stereocenters. The van der Waals surface area contributed by atoms with E-state index >= 15 is 0 Å². The van der Waals surface area contributed by atoms with Crippen LogP contribution in [-0.2, 0) is 11.3 Å². The molecule has 6 rings (SSSR count). The minimum Gasteiger partial charge on any atom is -0.489 e. The van der Waals surface area contributed by atoms with E-state index in [1.165, 1.54) is 18.7 Å². The average Bonchev–Trinajstić information content (AvgIpc) is 3.32. The van der Waals surface area contributed by atoms with Crippen LogP contribution in [0.25, 0.3) is 11.1 Å². The number of fused-ring (bicyclic) bond motifs is 1. The Morgan fingerprint density at radius 1 is 1.08 bits per heavy atom. The lowest BCUT2D eigenvalue weighted by molar-refractivity contribution is 0.0737. The molecule has 1 saturated carbocycles. The summed E-state index contributed by atoms with van der Waals surface area (Å²) in [6.07, 6.45) is 6.91. The molecule has 0 amide bonds. The molecule has 0 spiro atoms. The molecule has 1 aliphatic carbocycles. The minimum atomic E-state index is 0.481. The van der Waals surface area contributed by atoms with E-state index in [1.54, 1.807) is 0 Å². The molecule has 0 radical (unpaired) electrons. The number of hydrogen-bond acceptors (Lipinski definition) is 6. The number of nitrogens with two attached hydrogens (primary N) is 1. The molecule has 2 fully saturated rings. The summed E-state index contributed by atoms with van der Waals surface area (Å²) >= 11 is 0. The largest absolute Gasteiger partial charge is 0.489 e. The Balaban J connectivity index is 1.20. The van der Waals surface area contributed by atoms with Gasteiger partial charge in [-0.3, -0.25) is 0 Å². The highest BCUT2D eigenvalue weighted by Gasteiger charge is 2.35. The number of nitrogens with one attached hydrogen (secondary N) is 1. The number of benzene rings is 2. The fraction of sp³-hybridized carbons (Fsp3) is 0.433.